The summed E-state index contributed by atoms with van der Waals surface area (Å²) in [5.41, 5.74) is 1.79. The monoisotopic (exact) mass is 313 g/mol. The van der Waals surface area contributed by atoms with E-state index in [1.165, 1.54) is 0 Å². The van der Waals surface area contributed by atoms with Crippen molar-refractivity contribution >= 4 is 23.2 Å². The number of hydrogen-bond acceptors (Lipinski definition) is 3. The van der Waals surface area contributed by atoms with Crippen molar-refractivity contribution < 1.29 is 9.52 Å². The van der Waals surface area contributed by atoms with Crippen molar-refractivity contribution in [1.82, 2.24) is 4.90 Å². The van der Waals surface area contributed by atoms with Crippen LogP contribution in [0.1, 0.15) is 23.7 Å². The molecule has 0 saturated heterocycles. The third-order valence-corrected chi connectivity index (χ3v) is 3.99. The van der Waals surface area contributed by atoms with Crippen LogP contribution in [0.3, 0.4) is 0 Å². The van der Waals surface area contributed by atoms with Gasteiger partial charge in [-0.1, -0.05) is 35.3 Å². The molecule has 108 valence electrons. The summed E-state index contributed by atoms with van der Waals surface area (Å²) in [6.07, 6.45) is 3.35. The number of rotatable bonds is 6. The minimum absolute atomic E-state index is 0.430. The Hall–Kier alpha value is -1.00. The van der Waals surface area contributed by atoms with Gasteiger partial charge >= 0.3 is 0 Å². The molecule has 0 saturated carbocycles. The molecule has 2 rings (SSSR count). The van der Waals surface area contributed by atoms with E-state index in [2.05, 4.69) is 4.90 Å². The first-order valence-electron chi connectivity index (χ1n) is 6.39. The van der Waals surface area contributed by atoms with Gasteiger partial charge in [-0.3, -0.25) is 0 Å². The molecule has 1 atom stereocenters. The van der Waals surface area contributed by atoms with Gasteiger partial charge in [-0.05, 0) is 25.6 Å². The Kier molecular flexibility index (Phi) is 5.49. The van der Waals surface area contributed by atoms with E-state index in [4.69, 9.17) is 27.6 Å². The summed E-state index contributed by atoms with van der Waals surface area (Å²) >= 11 is 12.1. The zero-order valence-corrected chi connectivity index (χ0v) is 12.7. The summed E-state index contributed by atoms with van der Waals surface area (Å²) in [5.74, 6) is 0. The van der Waals surface area contributed by atoms with Crippen molar-refractivity contribution in [3.8, 4) is 0 Å². The number of benzene rings is 1. The Labute approximate surface area is 128 Å². The second-order valence-corrected chi connectivity index (χ2v) is 5.60. The predicted octanol–water partition coefficient (Wildman–Crippen LogP) is 4.14. The van der Waals surface area contributed by atoms with E-state index in [0.29, 0.717) is 22.0 Å². The summed E-state index contributed by atoms with van der Waals surface area (Å²) in [7, 11) is 2.00. The largest absolute Gasteiger partial charge is 0.472 e. The Morgan fingerprint density at radius 2 is 2.10 bits per heavy atom. The molecule has 0 amide bonds. The average Bonchev–Trinajstić information content (AvgIpc) is 2.92. The van der Waals surface area contributed by atoms with Crippen LogP contribution in [0.5, 0.6) is 0 Å². The molecule has 1 heterocycles. The smallest absolute Gasteiger partial charge is 0.0947 e. The van der Waals surface area contributed by atoms with Gasteiger partial charge in [-0.25, -0.2) is 0 Å². The lowest BCUT2D eigenvalue weighted by Gasteiger charge is -2.19. The minimum atomic E-state index is -0.618. The van der Waals surface area contributed by atoms with E-state index >= 15 is 0 Å². The van der Waals surface area contributed by atoms with Crippen LogP contribution in [0.2, 0.25) is 10.0 Å². The summed E-state index contributed by atoms with van der Waals surface area (Å²) in [6.45, 7) is 1.53. The van der Waals surface area contributed by atoms with Crippen LogP contribution in [0, 0.1) is 0 Å². The van der Waals surface area contributed by atoms with E-state index in [1.807, 2.05) is 13.1 Å². The van der Waals surface area contributed by atoms with Crippen LogP contribution in [0.25, 0.3) is 0 Å². The second kappa shape index (κ2) is 7.14. The molecule has 20 heavy (non-hydrogen) atoms. The summed E-state index contributed by atoms with van der Waals surface area (Å²) in [5, 5.41) is 11.1. The zero-order chi connectivity index (χ0) is 14.5. The van der Waals surface area contributed by atoms with Gasteiger partial charge in [-0.2, -0.15) is 0 Å². The Morgan fingerprint density at radius 3 is 2.80 bits per heavy atom. The highest BCUT2D eigenvalue weighted by atomic mass is 35.5. The van der Waals surface area contributed by atoms with Crippen molar-refractivity contribution in [3.63, 3.8) is 0 Å². The first-order chi connectivity index (χ1) is 9.58. The van der Waals surface area contributed by atoms with Crippen molar-refractivity contribution in [2.75, 3.05) is 13.6 Å². The fraction of sp³-hybridized carbons (Fsp3) is 0.333. The number of hydrogen-bond donors (Lipinski definition) is 1. The lowest BCUT2D eigenvalue weighted by Crippen LogP contribution is -2.20. The van der Waals surface area contributed by atoms with E-state index in [0.717, 1.165) is 18.7 Å². The average molecular weight is 314 g/mol. The van der Waals surface area contributed by atoms with Gasteiger partial charge in [0.2, 0.25) is 0 Å². The first kappa shape index (κ1) is 15.4. The van der Waals surface area contributed by atoms with Gasteiger partial charge < -0.3 is 14.4 Å². The van der Waals surface area contributed by atoms with E-state index in [1.54, 1.807) is 30.7 Å². The molecule has 1 aromatic carbocycles. The third kappa shape index (κ3) is 4.00. The lowest BCUT2D eigenvalue weighted by molar-refractivity contribution is 0.147. The third-order valence-electron chi connectivity index (χ3n) is 3.16. The molecule has 0 radical (unpaired) electrons. The Morgan fingerprint density at radius 1 is 1.30 bits per heavy atom. The SMILES string of the molecule is CN(CCC(O)c1cccc(Cl)c1Cl)Cc1ccoc1. The fourth-order valence-corrected chi connectivity index (χ4v) is 2.48. The highest BCUT2D eigenvalue weighted by Gasteiger charge is 2.14. The molecular weight excluding hydrogens is 297 g/mol. The van der Waals surface area contributed by atoms with Crippen molar-refractivity contribution in [2.45, 2.75) is 19.1 Å². The summed E-state index contributed by atoms with van der Waals surface area (Å²) < 4.78 is 5.03. The molecule has 0 bridgehead atoms. The van der Waals surface area contributed by atoms with Crippen LogP contribution in [-0.4, -0.2) is 23.6 Å². The highest BCUT2D eigenvalue weighted by molar-refractivity contribution is 6.42. The molecule has 1 N–H and O–H groups in total. The maximum Gasteiger partial charge on any atom is 0.0947 e. The maximum atomic E-state index is 10.2. The number of aliphatic hydroxyl groups is 1. The summed E-state index contributed by atoms with van der Waals surface area (Å²) in [6, 6.07) is 7.24. The molecule has 2 aromatic rings. The highest BCUT2D eigenvalue weighted by Crippen LogP contribution is 2.31. The van der Waals surface area contributed by atoms with Crippen LogP contribution < -0.4 is 0 Å². The van der Waals surface area contributed by atoms with E-state index < -0.39 is 6.10 Å². The first-order valence-corrected chi connectivity index (χ1v) is 7.15. The molecule has 0 aliphatic heterocycles. The van der Waals surface area contributed by atoms with E-state index in [-0.39, 0.29) is 0 Å². The quantitative estimate of drug-likeness (QED) is 0.870. The topological polar surface area (TPSA) is 36.6 Å². The van der Waals surface area contributed by atoms with E-state index in [9.17, 15) is 5.11 Å². The van der Waals surface area contributed by atoms with Gasteiger partial charge in [0.1, 0.15) is 0 Å². The molecule has 1 aromatic heterocycles. The number of nitrogens with zero attached hydrogens (tertiary/aromatic N) is 1. The number of furan rings is 1. The van der Waals surface area contributed by atoms with Crippen molar-refractivity contribution in [1.29, 1.82) is 0 Å². The van der Waals surface area contributed by atoms with Crippen LogP contribution in [-0.2, 0) is 6.54 Å². The van der Waals surface area contributed by atoms with Gasteiger partial charge in [0.15, 0.2) is 0 Å². The minimum Gasteiger partial charge on any atom is -0.472 e. The lowest BCUT2D eigenvalue weighted by atomic mass is 10.1. The molecule has 3 nitrogen and oxygen atoms in total. The zero-order valence-electron chi connectivity index (χ0n) is 11.2. The fourth-order valence-electron chi connectivity index (χ4n) is 2.05. The summed E-state index contributed by atoms with van der Waals surface area (Å²) in [4.78, 5) is 2.12. The molecule has 1 unspecified atom stereocenters. The molecule has 0 aliphatic carbocycles. The number of aliphatic hydroxyl groups excluding tert-OH is 1. The molecule has 0 aliphatic rings. The predicted molar refractivity (Wildman–Crippen MR) is 81.1 cm³/mol. The Balaban J connectivity index is 1.88. The van der Waals surface area contributed by atoms with Crippen LogP contribution in [0.15, 0.2) is 41.2 Å². The maximum absolute atomic E-state index is 10.2. The molecular formula is C15H17Cl2NO2. The standard InChI is InChI=1S/C15H17Cl2NO2/c1-18(9-11-6-8-20-10-11)7-5-14(19)12-3-2-4-13(16)15(12)17/h2-4,6,8,10,14,19H,5,7,9H2,1H3. The van der Waals surface area contributed by atoms with Crippen LogP contribution in [0.4, 0.5) is 0 Å². The molecule has 5 heteroatoms. The molecule has 0 fully saturated rings. The Bertz CT molecular complexity index is 543. The molecule has 0 spiro atoms. The van der Waals surface area contributed by atoms with Gasteiger partial charge in [-0.15, -0.1) is 0 Å². The number of halogens is 2. The van der Waals surface area contributed by atoms with Gasteiger partial charge in [0, 0.05) is 24.2 Å². The van der Waals surface area contributed by atoms with Gasteiger partial charge in [0.05, 0.1) is 28.7 Å². The van der Waals surface area contributed by atoms with Crippen molar-refractivity contribution in [3.05, 3.63) is 58.0 Å². The van der Waals surface area contributed by atoms with Crippen LogP contribution >= 0.6 is 23.2 Å². The van der Waals surface area contributed by atoms with Crippen molar-refractivity contribution in [2.24, 2.45) is 0 Å². The second-order valence-electron chi connectivity index (χ2n) is 4.82. The normalized spacial score (nSPS) is 12.8. The van der Waals surface area contributed by atoms with Gasteiger partial charge in [0.25, 0.3) is 0 Å².